The van der Waals surface area contributed by atoms with E-state index < -0.39 is 6.10 Å². The summed E-state index contributed by atoms with van der Waals surface area (Å²) < 4.78 is 5.38. The van der Waals surface area contributed by atoms with Gasteiger partial charge in [0.15, 0.2) is 0 Å². The Morgan fingerprint density at radius 1 is 1.38 bits per heavy atom. The van der Waals surface area contributed by atoms with Gasteiger partial charge in [0.25, 0.3) is 5.91 Å². The molecule has 0 radical (unpaired) electrons. The van der Waals surface area contributed by atoms with E-state index in [0.29, 0.717) is 18.8 Å². The first-order valence-electron chi connectivity index (χ1n) is 6.59. The quantitative estimate of drug-likeness (QED) is 0.849. The van der Waals surface area contributed by atoms with Gasteiger partial charge in [-0.05, 0) is 12.1 Å². The summed E-state index contributed by atoms with van der Waals surface area (Å²) in [6.07, 6.45) is -0.502. The van der Waals surface area contributed by atoms with Crippen molar-refractivity contribution in [2.24, 2.45) is 0 Å². The lowest BCUT2D eigenvalue weighted by atomic mass is 10.2. The maximum Gasteiger partial charge on any atom is 0.253 e. The van der Waals surface area contributed by atoms with Gasteiger partial charge in [-0.3, -0.25) is 9.59 Å². The van der Waals surface area contributed by atoms with Crippen molar-refractivity contribution in [2.45, 2.75) is 6.10 Å². The van der Waals surface area contributed by atoms with Crippen molar-refractivity contribution in [2.75, 3.05) is 38.6 Å². The van der Waals surface area contributed by atoms with E-state index >= 15 is 0 Å². The number of para-hydroxylation sites is 1. The highest BCUT2D eigenvalue weighted by atomic mass is 35.5. The molecule has 1 unspecified atom stereocenters. The topological polar surface area (TPSA) is 70.7 Å². The van der Waals surface area contributed by atoms with Crippen LogP contribution in [0.2, 0.25) is 0 Å². The van der Waals surface area contributed by atoms with Gasteiger partial charge in [-0.1, -0.05) is 18.2 Å². The minimum atomic E-state index is -0.502. The fourth-order valence-electron chi connectivity index (χ4n) is 1.99. The Hall–Kier alpha value is -1.63. The highest BCUT2D eigenvalue weighted by molar-refractivity contribution is 5.95. The normalized spacial score (nSPS) is 17.5. The first-order valence-corrected chi connectivity index (χ1v) is 6.59. The van der Waals surface area contributed by atoms with E-state index in [-0.39, 0.29) is 30.8 Å². The van der Waals surface area contributed by atoms with Gasteiger partial charge in [-0.25, -0.2) is 0 Å². The number of halogens is 1. The average Bonchev–Trinajstić information content (AvgIpc) is 2.48. The molecule has 1 aliphatic heterocycles. The number of carbonyl (C=O) groups is 2. The number of nitrogens with one attached hydrogen (secondary N) is 2. The van der Waals surface area contributed by atoms with E-state index in [4.69, 9.17) is 4.74 Å². The lowest BCUT2D eigenvalue weighted by molar-refractivity contribution is -0.145. The molecule has 0 bridgehead atoms. The minimum absolute atomic E-state index is 0. The first kappa shape index (κ1) is 17.4. The van der Waals surface area contributed by atoms with E-state index in [9.17, 15) is 9.59 Å². The van der Waals surface area contributed by atoms with Crippen LogP contribution < -0.4 is 10.6 Å². The lowest BCUT2D eigenvalue weighted by Crippen LogP contribution is -2.49. The molecule has 2 N–H and O–H groups in total. The van der Waals surface area contributed by atoms with Crippen LogP contribution in [0, 0.1) is 0 Å². The van der Waals surface area contributed by atoms with Crippen LogP contribution in [0.5, 0.6) is 0 Å². The average molecular weight is 314 g/mol. The van der Waals surface area contributed by atoms with Gasteiger partial charge in [-0.15, -0.1) is 12.4 Å². The van der Waals surface area contributed by atoms with Crippen molar-refractivity contribution in [1.82, 2.24) is 10.2 Å². The van der Waals surface area contributed by atoms with Gasteiger partial charge in [0.1, 0.15) is 6.10 Å². The van der Waals surface area contributed by atoms with Crippen LogP contribution >= 0.6 is 12.4 Å². The van der Waals surface area contributed by atoms with Gasteiger partial charge < -0.3 is 20.3 Å². The maximum atomic E-state index is 12.1. The molecule has 1 atom stereocenters. The summed E-state index contributed by atoms with van der Waals surface area (Å²) in [5.41, 5.74) is 0.717. The molecule has 21 heavy (non-hydrogen) atoms. The molecule has 0 saturated carbocycles. The highest BCUT2D eigenvalue weighted by Gasteiger charge is 2.25. The second-order valence-corrected chi connectivity index (χ2v) is 4.67. The summed E-state index contributed by atoms with van der Waals surface area (Å²) in [7, 11) is 1.60. The summed E-state index contributed by atoms with van der Waals surface area (Å²) in [4.78, 5) is 25.3. The number of hydrogen-bond acceptors (Lipinski definition) is 4. The molecular formula is C14H20ClN3O3. The molecule has 0 aromatic heterocycles. The molecule has 116 valence electrons. The van der Waals surface area contributed by atoms with Crippen molar-refractivity contribution in [3.63, 3.8) is 0 Å². The third-order valence-electron chi connectivity index (χ3n) is 3.02. The van der Waals surface area contributed by atoms with E-state index in [1.807, 2.05) is 18.2 Å². The molecule has 0 spiro atoms. The van der Waals surface area contributed by atoms with Crippen LogP contribution in [0.15, 0.2) is 30.3 Å². The first-order chi connectivity index (χ1) is 9.66. The van der Waals surface area contributed by atoms with E-state index in [0.717, 1.165) is 6.54 Å². The zero-order valence-corrected chi connectivity index (χ0v) is 12.7. The summed E-state index contributed by atoms with van der Waals surface area (Å²) >= 11 is 0. The highest BCUT2D eigenvalue weighted by Crippen LogP contribution is 2.05. The largest absolute Gasteiger partial charge is 0.366 e. The molecule has 7 heteroatoms. The molecule has 6 nitrogen and oxygen atoms in total. The van der Waals surface area contributed by atoms with Gasteiger partial charge in [0, 0.05) is 25.8 Å². The molecule has 2 amide bonds. The predicted octanol–water partition coefficient (Wildman–Crippen LogP) is 0.494. The Labute approximate surface area is 130 Å². The summed E-state index contributed by atoms with van der Waals surface area (Å²) in [6.45, 7) is 1.76. The summed E-state index contributed by atoms with van der Waals surface area (Å²) in [5.74, 6) is -0.406. The van der Waals surface area contributed by atoms with E-state index in [2.05, 4.69) is 10.6 Å². The van der Waals surface area contributed by atoms with Crippen LogP contribution in [0.1, 0.15) is 0 Å². The molecule has 1 fully saturated rings. The second-order valence-electron chi connectivity index (χ2n) is 4.67. The van der Waals surface area contributed by atoms with Crippen LogP contribution in [0.25, 0.3) is 0 Å². The van der Waals surface area contributed by atoms with Crippen molar-refractivity contribution >= 4 is 29.9 Å². The lowest BCUT2D eigenvalue weighted by Gasteiger charge is -2.26. The van der Waals surface area contributed by atoms with Gasteiger partial charge >= 0.3 is 0 Å². The summed E-state index contributed by atoms with van der Waals surface area (Å²) in [6, 6.07) is 9.15. The number of nitrogens with zero attached hydrogens (tertiary/aromatic N) is 1. The Balaban J connectivity index is 0.00000220. The number of hydrogen-bond donors (Lipinski definition) is 2. The molecular weight excluding hydrogens is 294 g/mol. The standard InChI is InChI=1S/C14H19N3O3.ClH/c1-17(14(19)12-9-15-7-8-20-12)10-13(18)16-11-5-3-2-4-6-11;/h2-6,12,15H,7-10H2,1H3,(H,16,18);1H. The van der Waals surface area contributed by atoms with Gasteiger partial charge in [0.2, 0.25) is 5.91 Å². The number of amides is 2. The monoisotopic (exact) mass is 313 g/mol. The number of benzene rings is 1. The van der Waals surface area contributed by atoms with Crippen LogP contribution in [-0.4, -0.2) is 56.1 Å². The fourth-order valence-corrected chi connectivity index (χ4v) is 1.99. The van der Waals surface area contributed by atoms with Crippen LogP contribution in [0.3, 0.4) is 0 Å². The molecule has 1 aromatic carbocycles. The van der Waals surface area contributed by atoms with E-state index in [1.54, 1.807) is 19.2 Å². The van der Waals surface area contributed by atoms with Crippen LogP contribution in [0.4, 0.5) is 5.69 Å². The molecule has 1 aromatic rings. The maximum absolute atomic E-state index is 12.1. The Kier molecular flexibility index (Phi) is 7.14. The molecule has 0 aliphatic carbocycles. The minimum Gasteiger partial charge on any atom is -0.366 e. The molecule has 1 aliphatic rings. The Morgan fingerprint density at radius 2 is 2.10 bits per heavy atom. The summed E-state index contributed by atoms with van der Waals surface area (Å²) in [5, 5.41) is 5.83. The number of carbonyl (C=O) groups excluding carboxylic acids is 2. The number of morpholine rings is 1. The van der Waals surface area contributed by atoms with Crippen molar-refractivity contribution < 1.29 is 14.3 Å². The third-order valence-corrected chi connectivity index (χ3v) is 3.02. The van der Waals surface area contributed by atoms with Crippen molar-refractivity contribution in [3.05, 3.63) is 30.3 Å². The van der Waals surface area contributed by atoms with E-state index in [1.165, 1.54) is 4.90 Å². The van der Waals surface area contributed by atoms with Gasteiger partial charge in [-0.2, -0.15) is 0 Å². The Bertz CT molecular complexity index is 464. The molecule has 2 rings (SSSR count). The van der Waals surface area contributed by atoms with Crippen LogP contribution in [-0.2, 0) is 14.3 Å². The van der Waals surface area contributed by atoms with Crippen molar-refractivity contribution in [1.29, 1.82) is 0 Å². The van der Waals surface area contributed by atoms with Gasteiger partial charge in [0.05, 0.1) is 13.2 Å². The van der Waals surface area contributed by atoms with Crippen molar-refractivity contribution in [3.8, 4) is 0 Å². The number of likely N-dealkylation sites (N-methyl/N-ethyl adjacent to an activating group) is 1. The zero-order chi connectivity index (χ0) is 14.4. The third kappa shape index (κ3) is 5.34. The molecule has 1 heterocycles. The second kappa shape index (κ2) is 8.61. The Morgan fingerprint density at radius 3 is 2.71 bits per heavy atom. The molecule has 1 saturated heterocycles. The smallest absolute Gasteiger partial charge is 0.253 e. The number of ether oxygens (including phenoxy) is 1. The zero-order valence-electron chi connectivity index (χ0n) is 11.9. The fraction of sp³-hybridized carbons (Fsp3) is 0.429. The SMILES string of the molecule is CN(CC(=O)Nc1ccccc1)C(=O)C1CNCCO1.Cl. The number of anilines is 1. The number of rotatable bonds is 4. The predicted molar refractivity (Wildman–Crippen MR) is 82.6 cm³/mol.